The van der Waals surface area contributed by atoms with Gasteiger partial charge >= 0.3 is 0 Å². The minimum atomic E-state index is -0.0235. The van der Waals surface area contributed by atoms with Crippen molar-refractivity contribution in [3.8, 4) is 5.75 Å². The van der Waals surface area contributed by atoms with E-state index in [0.717, 1.165) is 19.3 Å². The van der Waals surface area contributed by atoms with E-state index in [-0.39, 0.29) is 23.7 Å². The van der Waals surface area contributed by atoms with Gasteiger partial charge in [0.05, 0.1) is 6.54 Å². The summed E-state index contributed by atoms with van der Waals surface area (Å²) in [6.07, 6.45) is 2.45. The van der Waals surface area contributed by atoms with Gasteiger partial charge in [0.25, 0.3) is 0 Å². The van der Waals surface area contributed by atoms with Crippen molar-refractivity contribution in [2.45, 2.75) is 19.3 Å². The van der Waals surface area contributed by atoms with E-state index in [2.05, 4.69) is 0 Å². The number of fused-ring (bicyclic) bond motifs is 2. The summed E-state index contributed by atoms with van der Waals surface area (Å²) in [5.41, 5.74) is 6.27. The van der Waals surface area contributed by atoms with Crippen LogP contribution in [0.3, 0.4) is 0 Å². The molecular weight excluding hydrogens is 256 g/mol. The molecule has 2 N–H and O–H groups in total. The predicted octanol–water partition coefficient (Wildman–Crippen LogP) is 1.43. The van der Waals surface area contributed by atoms with E-state index in [0.29, 0.717) is 24.6 Å². The van der Waals surface area contributed by atoms with Gasteiger partial charge in [-0.15, -0.1) is 0 Å². The molecule has 5 nitrogen and oxygen atoms in total. The number of carbonyl (C=O) groups is 2. The van der Waals surface area contributed by atoms with Crippen molar-refractivity contribution in [2.24, 2.45) is 11.8 Å². The summed E-state index contributed by atoms with van der Waals surface area (Å²) in [7, 11) is 0. The Kier molecular flexibility index (Phi) is 3.34. The van der Waals surface area contributed by atoms with Gasteiger partial charge in [0.15, 0.2) is 0 Å². The van der Waals surface area contributed by atoms with Crippen molar-refractivity contribution in [2.75, 3.05) is 18.9 Å². The molecule has 1 saturated carbocycles. The molecule has 5 heteroatoms. The minimum absolute atomic E-state index is 0.0235. The third kappa shape index (κ3) is 2.35. The van der Waals surface area contributed by atoms with Crippen LogP contribution < -0.4 is 10.5 Å². The Bertz CT molecular complexity index is 504. The lowest BCUT2D eigenvalue weighted by atomic mass is 9.97. The van der Waals surface area contributed by atoms with Crippen LogP contribution in [0.1, 0.15) is 19.3 Å². The monoisotopic (exact) mass is 274 g/mol. The van der Waals surface area contributed by atoms with Crippen molar-refractivity contribution in [1.29, 1.82) is 0 Å². The quantitative estimate of drug-likeness (QED) is 0.666. The fourth-order valence-corrected chi connectivity index (χ4v) is 3.02. The van der Waals surface area contributed by atoms with Crippen molar-refractivity contribution < 1.29 is 14.3 Å². The van der Waals surface area contributed by atoms with Gasteiger partial charge in [-0.3, -0.25) is 14.5 Å². The number of ether oxygens (including phenoxy) is 1. The number of piperidine rings is 1. The maximum absolute atomic E-state index is 12.1. The summed E-state index contributed by atoms with van der Waals surface area (Å²) in [5, 5.41) is 0. The Morgan fingerprint density at radius 3 is 2.30 bits per heavy atom. The predicted molar refractivity (Wildman–Crippen MR) is 73.9 cm³/mol. The second-order valence-electron chi connectivity index (χ2n) is 5.45. The van der Waals surface area contributed by atoms with Gasteiger partial charge in [-0.05, 0) is 43.5 Å². The van der Waals surface area contributed by atoms with Gasteiger partial charge < -0.3 is 10.5 Å². The van der Waals surface area contributed by atoms with Crippen molar-refractivity contribution in [3.63, 3.8) is 0 Å². The Morgan fingerprint density at radius 1 is 1.10 bits per heavy atom. The highest BCUT2D eigenvalue weighted by Crippen LogP contribution is 2.37. The minimum Gasteiger partial charge on any atom is -0.492 e. The molecule has 2 unspecified atom stereocenters. The third-order valence-electron chi connectivity index (χ3n) is 4.13. The normalized spacial score (nSPS) is 25.1. The fourth-order valence-electron chi connectivity index (χ4n) is 3.02. The number of nitrogens with two attached hydrogens (primary N) is 1. The smallest absolute Gasteiger partial charge is 0.232 e. The van der Waals surface area contributed by atoms with E-state index in [1.54, 1.807) is 24.3 Å². The number of carbonyl (C=O) groups excluding carboxylic acids is 2. The number of imide groups is 1. The van der Waals surface area contributed by atoms with Gasteiger partial charge in [0.2, 0.25) is 11.8 Å². The van der Waals surface area contributed by atoms with E-state index in [9.17, 15) is 9.59 Å². The SMILES string of the molecule is Nc1ccc(OCCN2C(=O)C3CCC(C3)C2=O)cc1. The maximum atomic E-state index is 12.1. The molecular formula is C15H18N2O3. The van der Waals surface area contributed by atoms with Gasteiger partial charge in [-0.1, -0.05) is 0 Å². The average molecular weight is 274 g/mol. The summed E-state index contributed by atoms with van der Waals surface area (Å²) < 4.78 is 5.55. The molecule has 1 saturated heterocycles. The van der Waals surface area contributed by atoms with Crippen molar-refractivity contribution in [3.05, 3.63) is 24.3 Å². The van der Waals surface area contributed by atoms with Crippen LogP contribution in [0.5, 0.6) is 5.75 Å². The first-order chi connectivity index (χ1) is 9.65. The topological polar surface area (TPSA) is 72.6 Å². The molecule has 1 aliphatic heterocycles. The second kappa shape index (κ2) is 5.15. The van der Waals surface area contributed by atoms with E-state index >= 15 is 0 Å². The van der Waals surface area contributed by atoms with Gasteiger partial charge in [0.1, 0.15) is 12.4 Å². The number of rotatable bonds is 4. The summed E-state index contributed by atoms with van der Waals surface area (Å²) >= 11 is 0. The van der Waals surface area contributed by atoms with Crippen LogP contribution in [0, 0.1) is 11.8 Å². The van der Waals surface area contributed by atoms with E-state index in [1.165, 1.54) is 4.90 Å². The Hall–Kier alpha value is -2.04. The highest BCUT2D eigenvalue weighted by Gasteiger charge is 2.44. The number of nitrogen functional groups attached to an aromatic ring is 1. The van der Waals surface area contributed by atoms with Crippen LogP contribution in [0.25, 0.3) is 0 Å². The molecule has 1 aromatic rings. The standard InChI is InChI=1S/C15H18N2O3/c16-12-3-5-13(6-4-12)20-8-7-17-14(18)10-1-2-11(9-10)15(17)19/h3-6,10-11H,1-2,7-9,16H2. The average Bonchev–Trinajstić information content (AvgIpc) is 2.90. The first-order valence-electron chi connectivity index (χ1n) is 6.98. The lowest BCUT2D eigenvalue weighted by Crippen LogP contribution is -2.47. The highest BCUT2D eigenvalue weighted by molar-refractivity contribution is 6.00. The number of hydrogen-bond donors (Lipinski definition) is 1. The Balaban J connectivity index is 1.56. The van der Waals surface area contributed by atoms with Crippen molar-refractivity contribution in [1.82, 2.24) is 4.90 Å². The maximum Gasteiger partial charge on any atom is 0.232 e. The van der Waals surface area contributed by atoms with Crippen LogP contribution >= 0.6 is 0 Å². The van der Waals surface area contributed by atoms with Crippen LogP contribution in [-0.2, 0) is 9.59 Å². The first kappa shape index (κ1) is 13.0. The first-order valence-corrected chi connectivity index (χ1v) is 6.98. The molecule has 3 rings (SSSR count). The lowest BCUT2D eigenvalue weighted by Gasteiger charge is -2.29. The van der Waals surface area contributed by atoms with Crippen LogP contribution in [0.4, 0.5) is 5.69 Å². The Morgan fingerprint density at radius 2 is 1.70 bits per heavy atom. The van der Waals surface area contributed by atoms with Crippen molar-refractivity contribution >= 4 is 17.5 Å². The zero-order valence-electron chi connectivity index (χ0n) is 11.2. The summed E-state index contributed by atoms with van der Waals surface area (Å²) in [6, 6.07) is 7.07. The van der Waals surface area contributed by atoms with Crippen LogP contribution in [0.2, 0.25) is 0 Å². The molecule has 20 heavy (non-hydrogen) atoms. The molecule has 1 heterocycles. The highest BCUT2D eigenvalue weighted by atomic mass is 16.5. The van der Waals surface area contributed by atoms with Gasteiger partial charge in [-0.2, -0.15) is 0 Å². The molecule has 0 aromatic heterocycles. The number of anilines is 1. The zero-order chi connectivity index (χ0) is 14.1. The van der Waals surface area contributed by atoms with Crippen LogP contribution in [0.15, 0.2) is 24.3 Å². The van der Waals surface area contributed by atoms with Gasteiger partial charge in [-0.25, -0.2) is 0 Å². The van der Waals surface area contributed by atoms with Gasteiger partial charge in [0, 0.05) is 17.5 Å². The molecule has 0 radical (unpaired) electrons. The summed E-state index contributed by atoms with van der Waals surface area (Å²) in [4.78, 5) is 25.6. The molecule has 2 aliphatic rings. The summed E-state index contributed by atoms with van der Waals surface area (Å²) in [6.45, 7) is 0.649. The molecule has 2 fully saturated rings. The van der Waals surface area contributed by atoms with Crippen LogP contribution in [-0.4, -0.2) is 29.9 Å². The number of nitrogens with zero attached hydrogens (tertiary/aromatic N) is 1. The van der Waals surface area contributed by atoms with E-state index < -0.39 is 0 Å². The second-order valence-corrected chi connectivity index (χ2v) is 5.45. The summed E-state index contributed by atoms with van der Waals surface area (Å²) in [5.74, 6) is 0.747. The molecule has 2 amide bonds. The molecule has 0 spiro atoms. The third-order valence-corrected chi connectivity index (χ3v) is 4.13. The number of amides is 2. The molecule has 2 bridgehead atoms. The number of benzene rings is 1. The molecule has 1 aliphatic carbocycles. The largest absolute Gasteiger partial charge is 0.492 e. The van der Waals surface area contributed by atoms with E-state index in [1.807, 2.05) is 0 Å². The Labute approximate surface area is 117 Å². The lowest BCUT2D eigenvalue weighted by molar-refractivity contribution is -0.153. The number of likely N-dealkylation sites (tertiary alicyclic amines) is 1. The van der Waals surface area contributed by atoms with E-state index in [4.69, 9.17) is 10.5 Å². The molecule has 106 valence electrons. The number of hydrogen-bond acceptors (Lipinski definition) is 4. The molecule has 1 aromatic carbocycles. The zero-order valence-corrected chi connectivity index (χ0v) is 11.2. The molecule has 2 atom stereocenters. The fraction of sp³-hybridized carbons (Fsp3) is 0.467.